The molecule has 0 fully saturated rings. The molecule has 2 amide bonds. The Hall–Kier alpha value is -2.86. The van der Waals surface area contributed by atoms with Gasteiger partial charge < -0.3 is 9.47 Å². The topological polar surface area (TPSA) is 72.9 Å². The first-order valence-electron chi connectivity index (χ1n) is 8.05. The van der Waals surface area contributed by atoms with Crippen molar-refractivity contribution in [2.75, 3.05) is 19.8 Å². The number of amides is 2. The molecule has 0 saturated carbocycles. The number of carbonyl (C=O) groups is 3. The number of fused-ring (bicyclic) bond motifs is 1. The Morgan fingerprint density at radius 2 is 1.54 bits per heavy atom. The molecular weight excluding hydrogens is 358 g/mol. The summed E-state index contributed by atoms with van der Waals surface area (Å²) in [5, 5.41) is 0.608. The van der Waals surface area contributed by atoms with Crippen LogP contribution >= 0.6 is 11.6 Å². The van der Waals surface area contributed by atoms with Gasteiger partial charge in [-0.3, -0.25) is 19.3 Å². The number of carbonyl (C=O) groups excluding carboxylic acids is 3. The van der Waals surface area contributed by atoms with E-state index >= 15 is 0 Å². The van der Waals surface area contributed by atoms with E-state index in [0.717, 1.165) is 4.90 Å². The molecular formula is C19H16ClNO5. The minimum absolute atomic E-state index is 0.0107. The van der Waals surface area contributed by atoms with Gasteiger partial charge in [0.05, 0.1) is 17.5 Å². The van der Waals surface area contributed by atoms with Crippen LogP contribution in [-0.2, 0) is 9.53 Å². The van der Waals surface area contributed by atoms with Gasteiger partial charge in [0.25, 0.3) is 11.8 Å². The molecule has 0 aromatic heterocycles. The largest absolute Gasteiger partial charge is 0.490 e. The molecule has 0 unspecified atom stereocenters. The molecule has 0 aliphatic carbocycles. The normalized spacial score (nSPS) is 12.9. The first-order valence-corrected chi connectivity index (χ1v) is 8.43. The van der Waals surface area contributed by atoms with Crippen molar-refractivity contribution >= 4 is 29.4 Å². The lowest BCUT2D eigenvalue weighted by Crippen LogP contribution is -2.32. The molecule has 0 spiro atoms. The average Bonchev–Trinajstić information content (AvgIpc) is 2.89. The van der Waals surface area contributed by atoms with Crippen LogP contribution in [0.15, 0.2) is 48.5 Å². The summed E-state index contributed by atoms with van der Waals surface area (Å²) in [5.41, 5.74) is 0.726. The molecule has 26 heavy (non-hydrogen) atoms. The highest BCUT2D eigenvalue weighted by Gasteiger charge is 2.35. The van der Waals surface area contributed by atoms with Gasteiger partial charge in [-0.15, -0.1) is 0 Å². The molecule has 134 valence electrons. The van der Waals surface area contributed by atoms with Crippen molar-refractivity contribution in [3.8, 4) is 5.75 Å². The Labute approximate surface area is 155 Å². The maximum Gasteiger partial charge on any atom is 0.307 e. The summed E-state index contributed by atoms with van der Waals surface area (Å²) >= 11 is 5.78. The van der Waals surface area contributed by atoms with Crippen LogP contribution in [0.5, 0.6) is 5.75 Å². The zero-order valence-corrected chi connectivity index (χ0v) is 14.6. The van der Waals surface area contributed by atoms with E-state index in [2.05, 4.69) is 0 Å². The van der Waals surface area contributed by atoms with Crippen molar-refractivity contribution < 1.29 is 23.9 Å². The molecule has 0 radical (unpaired) electrons. The summed E-state index contributed by atoms with van der Waals surface area (Å²) in [6.45, 7) is 0.257. The van der Waals surface area contributed by atoms with Gasteiger partial charge in [-0.25, -0.2) is 0 Å². The first-order chi connectivity index (χ1) is 12.6. The van der Waals surface area contributed by atoms with Crippen molar-refractivity contribution in [3.05, 3.63) is 64.7 Å². The van der Waals surface area contributed by atoms with Crippen LogP contribution in [0.3, 0.4) is 0 Å². The van der Waals surface area contributed by atoms with Crippen LogP contribution in [0.25, 0.3) is 0 Å². The number of nitrogens with zero attached hydrogens (tertiary/aromatic N) is 1. The van der Waals surface area contributed by atoms with Gasteiger partial charge in [0.1, 0.15) is 19.0 Å². The number of esters is 1. The predicted octanol–water partition coefficient (Wildman–Crippen LogP) is 2.95. The van der Waals surface area contributed by atoms with Crippen molar-refractivity contribution in [3.63, 3.8) is 0 Å². The quantitative estimate of drug-likeness (QED) is 0.424. The van der Waals surface area contributed by atoms with Crippen LogP contribution < -0.4 is 4.74 Å². The van der Waals surface area contributed by atoms with Crippen molar-refractivity contribution in [2.45, 2.75) is 6.42 Å². The lowest BCUT2D eigenvalue weighted by molar-refractivity contribution is -0.144. The summed E-state index contributed by atoms with van der Waals surface area (Å²) in [6.07, 6.45) is -0.0631. The highest BCUT2D eigenvalue weighted by Crippen LogP contribution is 2.22. The Morgan fingerprint density at radius 1 is 0.923 bits per heavy atom. The fraction of sp³-hybridized carbons (Fsp3) is 0.211. The standard InChI is InChI=1S/C19H16ClNO5/c20-13-5-7-14(8-6-13)25-11-12-26-17(22)9-10-21-18(23)15-3-1-2-4-16(15)19(21)24/h1-8H,9-12H2. The summed E-state index contributed by atoms with van der Waals surface area (Å²) < 4.78 is 10.5. The Balaban J connectivity index is 1.40. The highest BCUT2D eigenvalue weighted by molar-refractivity contribution is 6.30. The fourth-order valence-corrected chi connectivity index (χ4v) is 2.69. The molecule has 0 N–H and O–H groups in total. The fourth-order valence-electron chi connectivity index (χ4n) is 2.56. The van der Waals surface area contributed by atoms with Gasteiger partial charge in [-0.2, -0.15) is 0 Å². The van der Waals surface area contributed by atoms with Gasteiger partial charge >= 0.3 is 5.97 Å². The summed E-state index contributed by atoms with van der Waals surface area (Å²) in [4.78, 5) is 37.2. The third kappa shape index (κ3) is 4.03. The van der Waals surface area contributed by atoms with Crippen LogP contribution in [0, 0.1) is 0 Å². The van der Waals surface area contributed by atoms with Crippen LogP contribution in [0.1, 0.15) is 27.1 Å². The molecule has 1 aliphatic rings. The van der Waals surface area contributed by atoms with Crippen molar-refractivity contribution in [1.29, 1.82) is 0 Å². The van der Waals surface area contributed by atoms with E-state index in [-0.39, 0.29) is 38.0 Å². The predicted molar refractivity (Wildman–Crippen MR) is 94.3 cm³/mol. The molecule has 6 nitrogen and oxygen atoms in total. The lowest BCUT2D eigenvalue weighted by Gasteiger charge is -2.13. The number of halogens is 1. The Morgan fingerprint density at radius 3 is 2.15 bits per heavy atom. The molecule has 3 rings (SSSR count). The Bertz CT molecular complexity index is 799. The molecule has 7 heteroatoms. The van der Waals surface area contributed by atoms with E-state index in [0.29, 0.717) is 21.9 Å². The number of hydrogen-bond donors (Lipinski definition) is 0. The van der Waals surface area contributed by atoms with Gasteiger partial charge in [0.15, 0.2) is 0 Å². The lowest BCUT2D eigenvalue weighted by atomic mass is 10.1. The molecule has 1 heterocycles. The third-order valence-electron chi connectivity index (χ3n) is 3.85. The number of benzene rings is 2. The van der Waals surface area contributed by atoms with Crippen molar-refractivity contribution in [2.24, 2.45) is 0 Å². The maximum absolute atomic E-state index is 12.2. The highest BCUT2D eigenvalue weighted by atomic mass is 35.5. The molecule has 0 saturated heterocycles. The number of rotatable bonds is 7. The number of ether oxygens (including phenoxy) is 2. The van der Waals surface area contributed by atoms with E-state index in [9.17, 15) is 14.4 Å². The molecule has 0 bridgehead atoms. The van der Waals surface area contributed by atoms with Gasteiger partial charge in [-0.05, 0) is 36.4 Å². The maximum atomic E-state index is 12.2. The van der Waals surface area contributed by atoms with E-state index < -0.39 is 5.97 Å². The molecule has 1 aliphatic heterocycles. The summed E-state index contributed by atoms with van der Waals surface area (Å²) in [5.74, 6) is -0.647. The van der Waals surface area contributed by atoms with E-state index in [1.807, 2.05) is 0 Å². The zero-order chi connectivity index (χ0) is 18.5. The third-order valence-corrected chi connectivity index (χ3v) is 4.10. The van der Waals surface area contributed by atoms with Gasteiger partial charge in [-0.1, -0.05) is 23.7 Å². The summed E-state index contributed by atoms with van der Waals surface area (Å²) in [7, 11) is 0. The zero-order valence-electron chi connectivity index (χ0n) is 13.8. The second-order valence-electron chi connectivity index (χ2n) is 5.58. The van der Waals surface area contributed by atoms with Crippen LogP contribution in [0.4, 0.5) is 0 Å². The molecule has 0 atom stereocenters. The smallest absolute Gasteiger partial charge is 0.307 e. The molecule has 2 aromatic carbocycles. The van der Waals surface area contributed by atoms with E-state index in [1.54, 1.807) is 48.5 Å². The van der Waals surface area contributed by atoms with E-state index in [1.165, 1.54) is 0 Å². The monoisotopic (exact) mass is 373 g/mol. The Kier molecular flexibility index (Phi) is 5.53. The second kappa shape index (κ2) is 8.01. The number of hydrogen-bond acceptors (Lipinski definition) is 5. The van der Waals surface area contributed by atoms with Crippen molar-refractivity contribution in [1.82, 2.24) is 4.90 Å². The average molecular weight is 374 g/mol. The summed E-state index contributed by atoms with van der Waals surface area (Å²) in [6, 6.07) is 13.4. The van der Waals surface area contributed by atoms with Gasteiger partial charge in [0.2, 0.25) is 0 Å². The minimum atomic E-state index is -0.499. The van der Waals surface area contributed by atoms with E-state index in [4.69, 9.17) is 21.1 Å². The first kappa shape index (κ1) is 17.9. The second-order valence-corrected chi connectivity index (χ2v) is 6.02. The van der Waals surface area contributed by atoms with Crippen LogP contribution in [0.2, 0.25) is 5.02 Å². The van der Waals surface area contributed by atoms with Crippen LogP contribution in [-0.4, -0.2) is 42.4 Å². The van der Waals surface area contributed by atoms with Gasteiger partial charge in [0, 0.05) is 11.6 Å². The minimum Gasteiger partial charge on any atom is -0.490 e. The SMILES string of the molecule is O=C(CCN1C(=O)c2ccccc2C1=O)OCCOc1ccc(Cl)cc1. The number of imide groups is 1. The molecule has 2 aromatic rings.